The van der Waals surface area contributed by atoms with E-state index in [4.69, 9.17) is 4.74 Å². The zero-order chi connectivity index (χ0) is 20.1. The van der Waals surface area contributed by atoms with Gasteiger partial charge in [-0.1, -0.05) is 48.0 Å². The van der Waals surface area contributed by atoms with Crippen molar-refractivity contribution >= 4 is 33.3 Å². The van der Waals surface area contributed by atoms with E-state index in [9.17, 15) is 9.59 Å². The Bertz CT molecular complexity index is 975. The quantitative estimate of drug-likeness (QED) is 0.539. The predicted molar refractivity (Wildman–Crippen MR) is 114 cm³/mol. The van der Waals surface area contributed by atoms with Crippen LogP contribution in [0.2, 0.25) is 0 Å². The third-order valence-electron chi connectivity index (χ3n) is 4.70. The maximum absolute atomic E-state index is 13.1. The summed E-state index contributed by atoms with van der Waals surface area (Å²) in [6.45, 7) is 4.54. The fourth-order valence-corrected chi connectivity index (χ4v) is 4.34. The number of amides is 1. The van der Waals surface area contributed by atoms with Crippen LogP contribution in [0, 0.1) is 6.92 Å². The molecule has 5 heteroatoms. The monoisotopic (exact) mass is 395 g/mol. The maximum atomic E-state index is 13.1. The summed E-state index contributed by atoms with van der Waals surface area (Å²) in [6, 6.07) is 16.5. The zero-order valence-electron chi connectivity index (χ0n) is 16.5. The first-order valence-electron chi connectivity index (χ1n) is 9.46. The molecule has 0 saturated carbocycles. The second kappa shape index (κ2) is 9.02. The molecule has 0 saturated heterocycles. The molecule has 0 bridgehead atoms. The number of benzene rings is 2. The highest BCUT2D eigenvalue weighted by Gasteiger charge is 2.22. The summed E-state index contributed by atoms with van der Waals surface area (Å²) in [5.41, 5.74) is 3.45. The Labute approximate surface area is 169 Å². The minimum Gasteiger partial charge on any atom is -0.466 e. The SMILES string of the molecule is CCOC(=O)CCN(C)C(=O)c1sc2ccccc2c1Cc1ccc(C)cc1. The molecule has 0 unspecified atom stereocenters. The molecule has 0 spiro atoms. The van der Waals surface area contributed by atoms with E-state index >= 15 is 0 Å². The Hall–Kier alpha value is -2.66. The molecular weight excluding hydrogens is 370 g/mol. The van der Waals surface area contributed by atoms with E-state index in [1.165, 1.54) is 22.5 Å². The molecule has 0 atom stereocenters. The van der Waals surface area contributed by atoms with Crippen molar-refractivity contribution in [2.24, 2.45) is 0 Å². The molecule has 3 aromatic rings. The van der Waals surface area contributed by atoms with Crippen LogP contribution in [0.1, 0.15) is 39.7 Å². The normalized spacial score (nSPS) is 10.8. The van der Waals surface area contributed by atoms with Gasteiger partial charge in [0.2, 0.25) is 0 Å². The summed E-state index contributed by atoms with van der Waals surface area (Å²) in [6.07, 6.45) is 0.908. The molecule has 2 aromatic carbocycles. The standard InChI is InChI=1S/C23H25NO3S/c1-4-27-21(25)13-14-24(3)23(26)22-19(15-17-11-9-16(2)10-12-17)18-7-5-6-8-20(18)28-22/h5-12H,4,13-15H2,1-3H3. The van der Waals surface area contributed by atoms with Crippen LogP contribution in [-0.4, -0.2) is 37.0 Å². The van der Waals surface area contributed by atoms with Crippen LogP contribution in [0.15, 0.2) is 48.5 Å². The summed E-state index contributed by atoms with van der Waals surface area (Å²) in [7, 11) is 1.74. The van der Waals surface area contributed by atoms with Gasteiger partial charge in [0, 0.05) is 18.3 Å². The Balaban J connectivity index is 1.88. The predicted octanol–water partition coefficient (Wildman–Crippen LogP) is 4.83. The van der Waals surface area contributed by atoms with Gasteiger partial charge in [-0.25, -0.2) is 0 Å². The molecule has 146 valence electrons. The van der Waals surface area contributed by atoms with Crippen molar-refractivity contribution in [1.29, 1.82) is 0 Å². The van der Waals surface area contributed by atoms with Gasteiger partial charge in [0.05, 0.1) is 17.9 Å². The molecule has 28 heavy (non-hydrogen) atoms. The third kappa shape index (κ3) is 4.60. The fraction of sp³-hybridized carbons (Fsp3) is 0.304. The third-order valence-corrected chi connectivity index (χ3v) is 5.90. The molecule has 0 N–H and O–H groups in total. The Morgan fingerprint density at radius 1 is 1.07 bits per heavy atom. The molecule has 0 radical (unpaired) electrons. The number of aryl methyl sites for hydroxylation is 1. The van der Waals surface area contributed by atoms with Crippen LogP contribution in [-0.2, 0) is 16.0 Å². The van der Waals surface area contributed by atoms with Crippen molar-refractivity contribution in [3.8, 4) is 0 Å². The van der Waals surface area contributed by atoms with Gasteiger partial charge in [-0.3, -0.25) is 9.59 Å². The Morgan fingerprint density at radius 2 is 1.79 bits per heavy atom. The number of rotatable bonds is 7. The molecule has 0 aliphatic heterocycles. The average Bonchev–Trinajstić information content (AvgIpc) is 3.06. The van der Waals surface area contributed by atoms with Gasteiger partial charge in [0.15, 0.2) is 0 Å². The summed E-state index contributed by atoms with van der Waals surface area (Å²) in [5, 5.41) is 1.12. The zero-order valence-corrected chi connectivity index (χ0v) is 17.3. The minimum absolute atomic E-state index is 0.0485. The number of ether oxygens (including phenoxy) is 1. The summed E-state index contributed by atoms with van der Waals surface area (Å²) < 4.78 is 6.07. The fourth-order valence-electron chi connectivity index (χ4n) is 3.12. The number of carbonyl (C=O) groups is 2. The lowest BCUT2D eigenvalue weighted by Gasteiger charge is -2.17. The van der Waals surface area contributed by atoms with E-state index < -0.39 is 0 Å². The molecule has 3 rings (SSSR count). The highest BCUT2D eigenvalue weighted by atomic mass is 32.1. The van der Waals surface area contributed by atoms with Crippen molar-refractivity contribution in [2.75, 3.05) is 20.2 Å². The maximum Gasteiger partial charge on any atom is 0.307 e. The van der Waals surface area contributed by atoms with Gasteiger partial charge in [0.1, 0.15) is 0 Å². The molecule has 1 aromatic heterocycles. The summed E-state index contributed by atoms with van der Waals surface area (Å²) >= 11 is 1.52. The Morgan fingerprint density at radius 3 is 2.50 bits per heavy atom. The highest BCUT2D eigenvalue weighted by molar-refractivity contribution is 7.21. The van der Waals surface area contributed by atoms with Gasteiger partial charge in [-0.05, 0) is 42.8 Å². The van der Waals surface area contributed by atoms with Crippen molar-refractivity contribution < 1.29 is 14.3 Å². The Kier molecular flexibility index (Phi) is 6.47. The van der Waals surface area contributed by atoms with E-state index in [-0.39, 0.29) is 18.3 Å². The molecule has 0 aliphatic carbocycles. The number of esters is 1. The number of carbonyl (C=O) groups excluding carboxylic acids is 2. The van der Waals surface area contributed by atoms with Crippen LogP contribution in [0.25, 0.3) is 10.1 Å². The smallest absolute Gasteiger partial charge is 0.307 e. The van der Waals surface area contributed by atoms with Crippen molar-refractivity contribution in [1.82, 2.24) is 4.90 Å². The van der Waals surface area contributed by atoms with E-state index in [0.29, 0.717) is 19.6 Å². The molecule has 0 aliphatic rings. The van der Waals surface area contributed by atoms with Gasteiger partial charge >= 0.3 is 5.97 Å². The van der Waals surface area contributed by atoms with Crippen molar-refractivity contribution in [2.45, 2.75) is 26.7 Å². The highest BCUT2D eigenvalue weighted by Crippen LogP contribution is 2.33. The van der Waals surface area contributed by atoms with Crippen LogP contribution in [0.5, 0.6) is 0 Å². The van der Waals surface area contributed by atoms with E-state index in [1.54, 1.807) is 18.9 Å². The molecular formula is C23H25NO3S. The topological polar surface area (TPSA) is 46.6 Å². The number of thiophene rings is 1. The summed E-state index contributed by atoms with van der Waals surface area (Å²) in [5.74, 6) is -0.328. The second-order valence-electron chi connectivity index (χ2n) is 6.85. The van der Waals surface area contributed by atoms with E-state index in [0.717, 1.165) is 20.5 Å². The number of hydrogen-bond acceptors (Lipinski definition) is 4. The minimum atomic E-state index is -0.279. The van der Waals surface area contributed by atoms with Gasteiger partial charge in [-0.2, -0.15) is 0 Å². The largest absolute Gasteiger partial charge is 0.466 e. The van der Waals surface area contributed by atoms with E-state index in [1.807, 2.05) is 18.2 Å². The first kappa shape index (κ1) is 20.1. The van der Waals surface area contributed by atoms with E-state index in [2.05, 4.69) is 37.3 Å². The van der Waals surface area contributed by atoms with Gasteiger partial charge in [-0.15, -0.1) is 11.3 Å². The molecule has 0 fully saturated rings. The van der Waals surface area contributed by atoms with Crippen LogP contribution in [0.4, 0.5) is 0 Å². The average molecular weight is 396 g/mol. The van der Waals surface area contributed by atoms with Crippen LogP contribution >= 0.6 is 11.3 Å². The number of fused-ring (bicyclic) bond motifs is 1. The lowest BCUT2D eigenvalue weighted by Crippen LogP contribution is -2.29. The lowest BCUT2D eigenvalue weighted by atomic mass is 10.0. The van der Waals surface area contributed by atoms with Crippen LogP contribution < -0.4 is 0 Å². The first-order valence-corrected chi connectivity index (χ1v) is 10.3. The van der Waals surface area contributed by atoms with Crippen LogP contribution in [0.3, 0.4) is 0 Å². The van der Waals surface area contributed by atoms with Gasteiger partial charge in [0.25, 0.3) is 5.91 Å². The van der Waals surface area contributed by atoms with Crippen molar-refractivity contribution in [3.05, 3.63) is 70.1 Å². The summed E-state index contributed by atoms with van der Waals surface area (Å²) in [4.78, 5) is 27.1. The lowest BCUT2D eigenvalue weighted by molar-refractivity contribution is -0.143. The molecule has 4 nitrogen and oxygen atoms in total. The molecule has 1 heterocycles. The number of hydrogen-bond donors (Lipinski definition) is 0. The van der Waals surface area contributed by atoms with Gasteiger partial charge < -0.3 is 9.64 Å². The first-order chi connectivity index (χ1) is 13.5. The second-order valence-corrected chi connectivity index (χ2v) is 7.90. The number of nitrogens with zero attached hydrogens (tertiary/aromatic N) is 1. The molecule has 1 amide bonds. The van der Waals surface area contributed by atoms with Crippen molar-refractivity contribution in [3.63, 3.8) is 0 Å².